The summed E-state index contributed by atoms with van der Waals surface area (Å²) in [6.45, 7) is 2.67. The summed E-state index contributed by atoms with van der Waals surface area (Å²) in [5.74, 6) is 0.945. The number of para-hydroxylation sites is 1. The van der Waals surface area contributed by atoms with Crippen LogP contribution in [0.5, 0.6) is 5.88 Å². The largest absolute Gasteiger partial charge is 0.474 e. The fraction of sp³-hybridized carbons (Fsp3) is 0.500. The molecule has 2 atom stereocenters. The standard InChI is InChI=1S/C16H22N4O4/c21-9-13(22)14(23)10-24-15-11-3-1-2-4-12(11)18-16(19-15)20-7-5-17-6-8-20/h1-4,13-14,17,21-23H,5-10H2/t13-,14-/m1/s1. The van der Waals surface area contributed by atoms with Crippen LogP contribution in [0.1, 0.15) is 0 Å². The van der Waals surface area contributed by atoms with Crippen LogP contribution in [-0.2, 0) is 0 Å². The van der Waals surface area contributed by atoms with E-state index < -0.39 is 18.8 Å². The highest BCUT2D eigenvalue weighted by Gasteiger charge is 2.19. The number of rotatable bonds is 6. The number of aliphatic hydroxyl groups is 3. The highest BCUT2D eigenvalue weighted by molar-refractivity contribution is 5.84. The average Bonchev–Trinajstić information content (AvgIpc) is 2.65. The number of aliphatic hydroxyl groups excluding tert-OH is 3. The van der Waals surface area contributed by atoms with Gasteiger partial charge in [-0.2, -0.15) is 4.98 Å². The number of nitrogens with zero attached hydrogens (tertiary/aromatic N) is 3. The van der Waals surface area contributed by atoms with Gasteiger partial charge in [-0.05, 0) is 12.1 Å². The number of benzene rings is 1. The van der Waals surface area contributed by atoms with Gasteiger partial charge < -0.3 is 30.3 Å². The van der Waals surface area contributed by atoms with Crippen LogP contribution < -0.4 is 15.0 Å². The summed E-state index contributed by atoms with van der Waals surface area (Å²) in [5, 5.41) is 32.1. The van der Waals surface area contributed by atoms with Gasteiger partial charge in [0.2, 0.25) is 11.8 Å². The van der Waals surface area contributed by atoms with Crippen molar-refractivity contribution in [1.29, 1.82) is 0 Å². The molecule has 3 rings (SSSR count). The first-order valence-corrected chi connectivity index (χ1v) is 8.01. The molecule has 4 N–H and O–H groups in total. The van der Waals surface area contributed by atoms with Crippen LogP contribution in [0, 0.1) is 0 Å². The molecular formula is C16H22N4O4. The Morgan fingerprint density at radius 1 is 1.12 bits per heavy atom. The molecule has 0 amide bonds. The fourth-order valence-corrected chi connectivity index (χ4v) is 2.55. The molecule has 24 heavy (non-hydrogen) atoms. The van der Waals surface area contributed by atoms with Crippen molar-refractivity contribution in [2.75, 3.05) is 44.3 Å². The molecule has 0 unspecified atom stereocenters. The van der Waals surface area contributed by atoms with E-state index in [1.807, 2.05) is 24.3 Å². The predicted octanol–water partition coefficient (Wildman–Crippen LogP) is -0.868. The van der Waals surface area contributed by atoms with E-state index in [0.29, 0.717) is 11.8 Å². The Morgan fingerprint density at radius 2 is 1.88 bits per heavy atom. The second-order valence-corrected chi connectivity index (χ2v) is 5.71. The monoisotopic (exact) mass is 334 g/mol. The fourth-order valence-electron chi connectivity index (χ4n) is 2.55. The third kappa shape index (κ3) is 3.73. The molecule has 1 aliphatic heterocycles. The highest BCUT2D eigenvalue weighted by Crippen LogP contribution is 2.25. The molecule has 1 aliphatic rings. The van der Waals surface area contributed by atoms with Crippen LogP contribution in [0.25, 0.3) is 10.9 Å². The van der Waals surface area contributed by atoms with Gasteiger partial charge in [0.25, 0.3) is 0 Å². The molecule has 0 spiro atoms. The van der Waals surface area contributed by atoms with Gasteiger partial charge in [-0.3, -0.25) is 0 Å². The van der Waals surface area contributed by atoms with Crippen LogP contribution in [0.15, 0.2) is 24.3 Å². The predicted molar refractivity (Wildman–Crippen MR) is 89.2 cm³/mol. The Bertz CT molecular complexity index is 678. The minimum Gasteiger partial charge on any atom is -0.474 e. The van der Waals surface area contributed by atoms with E-state index in [1.165, 1.54) is 0 Å². The lowest BCUT2D eigenvalue weighted by Crippen LogP contribution is -2.44. The molecule has 1 aromatic carbocycles. The number of ether oxygens (including phenoxy) is 1. The molecule has 0 bridgehead atoms. The summed E-state index contributed by atoms with van der Waals surface area (Å²) < 4.78 is 5.62. The SMILES string of the molecule is OC[C@@H](O)[C@H](O)COc1nc(N2CCNCC2)nc2ccccc12. The number of fused-ring (bicyclic) bond motifs is 1. The van der Waals surface area contributed by atoms with Gasteiger partial charge in [0.15, 0.2) is 0 Å². The van der Waals surface area contributed by atoms with Crippen molar-refractivity contribution in [2.24, 2.45) is 0 Å². The van der Waals surface area contributed by atoms with Crippen molar-refractivity contribution in [3.8, 4) is 5.88 Å². The minimum absolute atomic E-state index is 0.163. The van der Waals surface area contributed by atoms with Crippen molar-refractivity contribution >= 4 is 16.9 Å². The van der Waals surface area contributed by atoms with Crippen molar-refractivity contribution in [3.05, 3.63) is 24.3 Å². The van der Waals surface area contributed by atoms with Gasteiger partial charge in [0.1, 0.15) is 18.8 Å². The molecule has 2 heterocycles. The Kier molecular flexibility index (Phi) is 5.41. The number of piperazine rings is 1. The molecule has 0 radical (unpaired) electrons. The third-order valence-electron chi connectivity index (χ3n) is 3.98. The van der Waals surface area contributed by atoms with E-state index in [-0.39, 0.29) is 6.61 Å². The first-order chi connectivity index (χ1) is 11.7. The Morgan fingerprint density at radius 3 is 2.62 bits per heavy atom. The van der Waals surface area contributed by atoms with Gasteiger partial charge in [-0.1, -0.05) is 12.1 Å². The van der Waals surface area contributed by atoms with Crippen LogP contribution >= 0.6 is 0 Å². The number of hydrogen-bond acceptors (Lipinski definition) is 8. The van der Waals surface area contributed by atoms with Gasteiger partial charge in [-0.15, -0.1) is 0 Å². The van der Waals surface area contributed by atoms with Crippen molar-refractivity contribution in [3.63, 3.8) is 0 Å². The van der Waals surface area contributed by atoms with Crippen molar-refractivity contribution in [2.45, 2.75) is 12.2 Å². The molecule has 1 fully saturated rings. The Hall–Kier alpha value is -2.00. The van der Waals surface area contributed by atoms with E-state index in [0.717, 1.165) is 37.1 Å². The summed E-state index contributed by atoms with van der Waals surface area (Å²) >= 11 is 0. The maximum Gasteiger partial charge on any atom is 0.229 e. The Balaban J connectivity index is 1.86. The molecule has 130 valence electrons. The van der Waals surface area contributed by atoms with Gasteiger partial charge in [-0.25, -0.2) is 4.98 Å². The second-order valence-electron chi connectivity index (χ2n) is 5.71. The molecule has 2 aromatic rings. The summed E-state index contributed by atoms with van der Waals surface area (Å²) in [4.78, 5) is 11.2. The number of nitrogens with one attached hydrogen (secondary N) is 1. The van der Waals surface area contributed by atoms with Crippen LogP contribution in [0.2, 0.25) is 0 Å². The molecular weight excluding hydrogens is 312 g/mol. The molecule has 0 aliphatic carbocycles. The molecule has 8 nitrogen and oxygen atoms in total. The van der Waals surface area contributed by atoms with Gasteiger partial charge in [0.05, 0.1) is 17.5 Å². The first-order valence-electron chi connectivity index (χ1n) is 8.01. The summed E-state index contributed by atoms with van der Waals surface area (Å²) in [6.07, 6.45) is -2.43. The van der Waals surface area contributed by atoms with Crippen molar-refractivity contribution in [1.82, 2.24) is 15.3 Å². The Labute approximate surface area is 139 Å². The maximum absolute atomic E-state index is 9.77. The van der Waals surface area contributed by atoms with E-state index in [2.05, 4.69) is 20.2 Å². The second kappa shape index (κ2) is 7.71. The lowest BCUT2D eigenvalue weighted by molar-refractivity contribution is -0.0343. The van der Waals surface area contributed by atoms with Crippen LogP contribution in [0.3, 0.4) is 0 Å². The lowest BCUT2D eigenvalue weighted by atomic mass is 10.2. The van der Waals surface area contributed by atoms with Gasteiger partial charge in [0, 0.05) is 26.2 Å². The van der Waals surface area contributed by atoms with E-state index in [1.54, 1.807) is 0 Å². The summed E-state index contributed by atoms with van der Waals surface area (Å²) in [7, 11) is 0. The zero-order valence-corrected chi connectivity index (χ0v) is 13.3. The minimum atomic E-state index is -1.24. The third-order valence-corrected chi connectivity index (χ3v) is 3.98. The summed E-state index contributed by atoms with van der Waals surface area (Å²) in [6, 6.07) is 7.49. The summed E-state index contributed by atoms with van der Waals surface area (Å²) in [5.41, 5.74) is 0.758. The molecule has 8 heteroatoms. The highest BCUT2D eigenvalue weighted by atomic mass is 16.5. The zero-order chi connectivity index (χ0) is 16.9. The van der Waals surface area contributed by atoms with E-state index >= 15 is 0 Å². The molecule has 1 aromatic heterocycles. The quantitative estimate of drug-likeness (QED) is 0.540. The molecule has 0 saturated carbocycles. The molecule has 1 saturated heterocycles. The van der Waals surface area contributed by atoms with Crippen molar-refractivity contribution < 1.29 is 20.1 Å². The zero-order valence-electron chi connectivity index (χ0n) is 13.3. The van der Waals surface area contributed by atoms with Crippen LogP contribution in [0.4, 0.5) is 5.95 Å². The number of aromatic nitrogens is 2. The van der Waals surface area contributed by atoms with Gasteiger partial charge >= 0.3 is 0 Å². The topological polar surface area (TPSA) is 111 Å². The lowest BCUT2D eigenvalue weighted by Gasteiger charge is -2.28. The van der Waals surface area contributed by atoms with E-state index in [9.17, 15) is 10.2 Å². The normalized spacial score (nSPS) is 17.7. The van der Waals surface area contributed by atoms with E-state index in [4.69, 9.17) is 9.84 Å². The smallest absolute Gasteiger partial charge is 0.229 e. The number of anilines is 1. The maximum atomic E-state index is 9.77. The van der Waals surface area contributed by atoms with Crippen LogP contribution in [-0.4, -0.2) is 76.9 Å². The number of hydrogen-bond donors (Lipinski definition) is 4. The average molecular weight is 334 g/mol. The first kappa shape index (κ1) is 16.8.